The van der Waals surface area contributed by atoms with Gasteiger partial charge in [0.05, 0.1) is 30.3 Å². The third-order valence-electron chi connectivity index (χ3n) is 9.80. The first-order chi connectivity index (χ1) is 25.7. The van der Waals surface area contributed by atoms with Gasteiger partial charge in [0.1, 0.15) is 10.7 Å². The van der Waals surface area contributed by atoms with Crippen molar-refractivity contribution in [3.8, 4) is 0 Å². The van der Waals surface area contributed by atoms with Crippen LogP contribution in [0.4, 0.5) is 29.6 Å². The number of carboxylic acid groups (broad SMARTS) is 1. The highest BCUT2D eigenvalue weighted by Crippen LogP contribution is 2.37. The average molecular weight is 817 g/mol. The summed E-state index contributed by atoms with van der Waals surface area (Å²) in [5, 5.41) is 20.5. The minimum absolute atomic E-state index is 0.0944. The van der Waals surface area contributed by atoms with Crippen molar-refractivity contribution >= 4 is 49.4 Å². The SMILES string of the molecule is O=C(O)N1CCCC(N2CCn3c(nnc3NS(=O)(=O)c3ccc(N[C@H](CCN4CCOCC4)CSc4ccccc4)c(S(=O)(=O)C(F)(F)F)c3)C2)CC1. The van der Waals surface area contributed by atoms with E-state index in [1.165, 1.54) is 16.7 Å². The summed E-state index contributed by atoms with van der Waals surface area (Å²) in [5.74, 6) is 0.680. The number of sulfonamides is 1. The number of sulfone groups is 1. The number of nitrogens with zero attached hydrogens (tertiary/aromatic N) is 6. The van der Waals surface area contributed by atoms with E-state index in [4.69, 9.17) is 4.74 Å². The van der Waals surface area contributed by atoms with Crippen molar-refractivity contribution in [1.29, 1.82) is 0 Å². The second-order valence-corrected chi connectivity index (χ2v) is 18.0. The van der Waals surface area contributed by atoms with Gasteiger partial charge in [-0.15, -0.1) is 22.0 Å². The number of nitrogens with one attached hydrogen (secondary N) is 2. The topological polar surface area (TPSA) is 179 Å². The van der Waals surface area contributed by atoms with Gasteiger partial charge in [-0.1, -0.05) is 18.2 Å². The van der Waals surface area contributed by atoms with E-state index < -0.39 is 47.3 Å². The number of hydrogen-bond donors (Lipinski definition) is 3. The number of fused-ring (bicyclic) bond motifs is 1. The first-order valence-corrected chi connectivity index (χ1v) is 21.5. The van der Waals surface area contributed by atoms with E-state index in [9.17, 15) is 39.9 Å². The van der Waals surface area contributed by atoms with Crippen molar-refractivity contribution in [2.24, 2.45) is 0 Å². The van der Waals surface area contributed by atoms with Gasteiger partial charge in [0.2, 0.25) is 5.95 Å². The summed E-state index contributed by atoms with van der Waals surface area (Å²) in [5.41, 5.74) is -6.07. The number of halogens is 3. The molecule has 54 heavy (non-hydrogen) atoms. The fourth-order valence-corrected chi connectivity index (χ4v) is 9.85. The zero-order valence-corrected chi connectivity index (χ0v) is 31.8. The van der Waals surface area contributed by atoms with E-state index in [0.717, 1.165) is 23.4 Å². The van der Waals surface area contributed by atoms with Crippen LogP contribution in [-0.4, -0.2) is 133 Å². The van der Waals surface area contributed by atoms with Crippen molar-refractivity contribution in [2.45, 2.75) is 71.1 Å². The van der Waals surface area contributed by atoms with Crippen LogP contribution in [-0.2, 0) is 37.7 Å². The van der Waals surface area contributed by atoms with Crippen molar-refractivity contribution < 1.29 is 44.6 Å². The number of aromatic nitrogens is 3. The van der Waals surface area contributed by atoms with E-state index in [1.807, 2.05) is 30.3 Å². The van der Waals surface area contributed by atoms with Crippen LogP contribution in [0.5, 0.6) is 0 Å². The molecular weight excluding hydrogens is 774 g/mol. The molecule has 1 aromatic heterocycles. The molecule has 4 heterocycles. The van der Waals surface area contributed by atoms with Gasteiger partial charge in [0.25, 0.3) is 19.9 Å². The number of carbonyl (C=O) groups is 1. The first kappa shape index (κ1) is 40.0. The maximum absolute atomic E-state index is 14.1. The Morgan fingerprint density at radius 3 is 2.46 bits per heavy atom. The summed E-state index contributed by atoms with van der Waals surface area (Å²) in [6.07, 6.45) is 1.62. The van der Waals surface area contributed by atoms with Crippen molar-refractivity contribution in [1.82, 2.24) is 29.5 Å². The lowest BCUT2D eigenvalue weighted by molar-refractivity contribution is -0.0435. The molecule has 0 bridgehead atoms. The summed E-state index contributed by atoms with van der Waals surface area (Å²) in [4.78, 5) is 16.2. The summed E-state index contributed by atoms with van der Waals surface area (Å²) in [6.45, 7) is 5.05. The van der Waals surface area contributed by atoms with Crippen LogP contribution in [0.2, 0.25) is 0 Å². The molecule has 1 unspecified atom stereocenters. The molecule has 296 valence electrons. The number of morpholine rings is 1. The molecule has 15 nitrogen and oxygen atoms in total. The van der Waals surface area contributed by atoms with E-state index in [-0.39, 0.29) is 17.7 Å². The van der Waals surface area contributed by atoms with Gasteiger partial charge in [-0.25, -0.2) is 26.4 Å². The molecule has 2 atom stereocenters. The molecule has 0 aliphatic carbocycles. The summed E-state index contributed by atoms with van der Waals surface area (Å²) >= 11 is 1.46. The number of anilines is 2. The monoisotopic (exact) mass is 816 g/mol. The number of alkyl halides is 3. The predicted molar refractivity (Wildman–Crippen MR) is 195 cm³/mol. The highest BCUT2D eigenvalue weighted by Gasteiger charge is 2.48. The van der Waals surface area contributed by atoms with E-state index >= 15 is 0 Å². The van der Waals surface area contributed by atoms with Gasteiger partial charge < -0.3 is 20.1 Å². The van der Waals surface area contributed by atoms with Crippen LogP contribution in [0.3, 0.4) is 0 Å². The van der Waals surface area contributed by atoms with Crippen LogP contribution in [0, 0.1) is 0 Å². The van der Waals surface area contributed by atoms with Crippen LogP contribution in [0.25, 0.3) is 0 Å². The zero-order valence-electron chi connectivity index (χ0n) is 29.3. The Bertz CT molecular complexity index is 1980. The van der Waals surface area contributed by atoms with Gasteiger partial charge in [-0.3, -0.25) is 14.4 Å². The molecule has 0 saturated carbocycles. The zero-order chi connectivity index (χ0) is 38.5. The quantitative estimate of drug-likeness (QED) is 0.211. The Balaban J connectivity index is 1.21. The second kappa shape index (κ2) is 17.0. The minimum atomic E-state index is -6.00. The van der Waals surface area contributed by atoms with E-state index in [2.05, 4.69) is 30.0 Å². The molecule has 0 radical (unpaired) electrons. The maximum atomic E-state index is 14.1. The Labute approximate surface area is 316 Å². The van der Waals surface area contributed by atoms with Gasteiger partial charge in [-0.2, -0.15) is 13.2 Å². The van der Waals surface area contributed by atoms with Crippen molar-refractivity contribution in [3.63, 3.8) is 0 Å². The molecule has 2 fully saturated rings. The number of ether oxygens (including phenoxy) is 1. The lowest BCUT2D eigenvalue weighted by Gasteiger charge is -2.34. The molecular formula is C33H43F3N8O7S3. The number of amides is 1. The maximum Gasteiger partial charge on any atom is 0.501 e. The Morgan fingerprint density at radius 2 is 1.74 bits per heavy atom. The highest BCUT2D eigenvalue weighted by atomic mass is 32.2. The molecule has 3 aromatic rings. The number of likely N-dealkylation sites (tertiary alicyclic amines) is 1. The predicted octanol–water partition coefficient (Wildman–Crippen LogP) is 4.02. The molecule has 2 aromatic carbocycles. The van der Waals surface area contributed by atoms with Crippen molar-refractivity contribution in [3.05, 3.63) is 54.4 Å². The lowest BCUT2D eigenvalue weighted by atomic mass is 10.1. The standard InChI is InChI=1S/C33H43F3N8O7S3/c34-33(35,36)53(47,48)29-21-27(8-9-28(29)37-24(10-13-41-17-19-51-20-18-41)23-52-26-6-2-1-3-7-26)54(49,50)40-31-39-38-30-22-43(15-16-44(30)31)25-5-4-12-42(14-11-25)32(45)46/h1-3,6-9,21,24-25,37H,4-5,10-20,22-23H2,(H,39,40)(H,45,46)/t24-,25?/m1/s1. The lowest BCUT2D eigenvalue weighted by Crippen LogP contribution is -2.42. The number of thioether (sulfide) groups is 1. The van der Waals surface area contributed by atoms with Gasteiger partial charge in [-0.05, 0) is 56.0 Å². The molecule has 3 aliphatic heterocycles. The molecule has 3 N–H and O–H groups in total. The highest BCUT2D eigenvalue weighted by molar-refractivity contribution is 7.99. The Morgan fingerprint density at radius 1 is 0.981 bits per heavy atom. The summed E-state index contributed by atoms with van der Waals surface area (Å²) < 4.78 is 105. The molecule has 3 aliphatic rings. The van der Waals surface area contributed by atoms with Gasteiger partial charge in [0, 0.05) is 68.5 Å². The fraction of sp³-hybridized carbons (Fsp3) is 0.545. The Hall–Kier alpha value is -3.63. The number of hydrogen-bond acceptors (Lipinski definition) is 12. The van der Waals surface area contributed by atoms with E-state index in [1.54, 1.807) is 4.57 Å². The minimum Gasteiger partial charge on any atom is -0.465 e. The molecule has 6 rings (SSSR count). The fourth-order valence-electron chi connectivity index (χ4n) is 6.81. The summed E-state index contributed by atoms with van der Waals surface area (Å²) in [6, 6.07) is 11.6. The Kier molecular flexibility index (Phi) is 12.6. The van der Waals surface area contributed by atoms with Crippen LogP contribution in [0.1, 0.15) is 31.5 Å². The van der Waals surface area contributed by atoms with Crippen LogP contribution >= 0.6 is 11.8 Å². The second-order valence-electron chi connectivity index (χ2n) is 13.3. The van der Waals surface area contributed by atoms with Crippen molar-refractivity contribution in [2.75, 3.05) is 68.3 Å². The average Bonchev–Trinajstić information content (AvgIpc) is 3.36. The van der Waals surface area contributed by atoms with Gasteiger partial charge in [0.15, 0.2) is 0 Å². The largest absolute Gasteiger partial charge is 0.501 e. The molecule has 21 heteroatoms. The molecule has 2 saturated heterocycles. The normalized spacial score (nSPS) is 19.8. The van der Waals surface area contributed by atoms with Crippen LogP contribution in [0.15, 0.2) is 63.2 Å². The smallest absolute Gasteiger partial charge is 0.465 e. The van der Waals surface area contributed by atoms with Gasteiger partial charge >= 0.3 is 11.6 Å². The third kappa shape index (κ3) is 9.59. The van der Waals surface area contributed by atoms with Crippen LogP contribution < -0.4 is 10.0 Å². The third-order valence-corrected chi connectivity index (χ3v) is 13.8. The number of benzene rings is 2. The summed E-state index contributed by atoms with van der Waals surface area (Å²) in [7, 11) is -10.6. The molecule has 0 spiro atoms. The van der Waals surface area contributed by atoms with E-state index in [0.29, 0.717) is 102 Å². The first-order valence-electron chi connectivity index (χ1n) is 17.6. The molecule has 1 amide bonds. The number of rotatable bonds is 13.